The van der Waals surface area contributed by atoms with Gasteiger partial charge in [0, 0.05) is 17.6 Å². The third-order valence-electron chi connectivity index (χ3n) is 5.64. The maximum Gasteiger partial charge on any atom is 0.251 e. The van der Waals surface area contributed by atoms with E-state index < -0.39 is 5.91 Å². The van der Waals surface area contributed by atoms with E-state index in [1.54, 1.807) is 12.1 Å². The Balaban J connectivity index is 1.34. The van der Waals surface area contributed by atoms with Crippen molar-refractivity contribution in [1.29, 1.82) is 0 Å². The van der Waals surface area contributed by atoms with Gasteiger partial charge in [0.25, 0.3) is 5.91 Å². The lowest BCUT2D eigenvalue weighted by atomic mass is 9.97. The molecule has 2 aliphatic rings. The van der Waals surface area contributed by atoms with Crippen LogP contribution >= 0.6 is 22.9 Å². The van der Waals surface area contributed by atoms with Crippen LogP contribution in [0.3, 0.4) is 0 Å². The molecule has 1 unspecified atom stereocenters. The average molecular weight is 462 g/mol. The summed E-state index contributed by atoms with van der Waals surface area (Å²) in [6.07, 6.45) is 5.81. The molecule has 2 aromatic rings. The fraction of sp³-hybridized carbons (Fsp3) is 0.429. The van der Waals surface area contributed by atoms with Gasteiger partial charge < -0.3 is 16.4 Å². The number of aryl methyl sites for hydroxylation is 1. The van der Waals surface area contributed by atoms with Gasteiger partial charge in [-0.25, -0.2) is 4.98 Å². The lowest BCUT2D eigenvalue weighted by molar-refractivity contribution is -0.123. The quantitative estimate of drug-likeness (QED) is 0.611. The molecule has 0 aromatic carbocycles. The molecule has 0 spiro atoms. The SMILES string of the molecule is NC(=O)c1c(NC(=O)CN2CCCC(C(=O)Nc3ccc(Cl)cn3)C2)sc2c1CCC2. The van der Waals surface area contributed by atoms with Crippen LogP contribution < -0.4 is 16.4 Å². The number of halogens is 1. The number of carbonyl (C=O) groups is 3. The molecule has 0 saturated carbocycles. The largest absolute Gasteiger partial charge is 0.365 e. The molecule has 164 valence electrons. The van der Waals surface area contributed by atoms with E-state index in [4.69, 9.17) is 17.3 Å². The van der Waals surface area contributed by atoms with Crippen molar-refractivity contribution >= 4 is 51.5 Å². The van der Waals surface area contributed by atoms with Gasteiger partial charge in [0.05, 0.1) is 23.0 Å². The molecule has 3 heterocycles. The summed E-state index contributed by atoms with van der Waals surface area (Å²) in [7, 11) is 0. The van der Waals surface area contributed by atoms with Gasteiger partial charge in [0.2, 0.25) is 11.8 Å². The van der Waals surface area contributed by atoms with Crippen LogP contribution in [-0.2, 0) is 22.4 Å². The Hall–Kier alpha value is -2.49. The zero-order chi connectivity index (χ0) is 22.0. The molecule has 8 nitrogen and oxygen atoms in total. The van der Waals surface area contributed by atoms with Crippen LogP contribution in [0.4, 0.5) is 10.8 Å². The van der Waals surface area contributed by atoms with Gasteiger partial charge in [-0.15, -0.1) is 11.3 Å². The molecule has 4 rings (SSSR count). The van der Waals surface area contributed by atoms with E-state index in [-0.39, 0.29) is 24.3 Å². The molecule has 1 aliphatic heterocycles. The Morgan fingerprint density at radius 2 is 2.06 bits per heavy atom. The number of pyridine rings is 1. The maximum atomic E-state index is 12.7. The second-order valence-corrected chi connectivity index (χ2v) is 9.44. The van der Waals surface area contributed by atoms with Crippen LogP contribution in [0.15, 0.2) is 18.3 Å². The summed E-state index contributed by atoms with van der Waals surface area (Å²) in [6.45, 7) is 1.38. The number of primary amides is 1. The highest BCUT2D eigenvalue weighted by Gasteiger charge is 2.29. The van der Waals surface area contributed by atoms with Crippen molar-refractivity contribution in [3.63, 3.8) is 0 Å². The van der Waals surface area contributed by atoms with Crippen molar-refractivity contribution in [2.45, 2.75) is 32.1 Å². The van der Waals surface area contributed by atoms with E-state index in [0.29, 0.717) is 27.9 Å². The first-order chi connectivity index (χ1) is 14.9. The van der Waals surface area contributed by atoms with Crippen molar-refractivity contribution in [3.05, 3.63) is 39.4 Å². The monoisotopic (exact) mass is 461 g/mol. The third-order valence-corrected chi connectivity index (χ3v) is 7.07. The van der Waals surface area contributed by atoms with E-state index in [1.807, 2.05) is 4.90 Å². The first-order valence-electron chi connectivity index (χ1n) is 10.3. The minimum Gasteiger partial charge on any atom is -0.365 e. The van der Waals surface area contributed by atoms with Crippen LogP contribution in [-0.4, -0.2) is 47.2 Å². The number of carbonyl (C=O) groups excluding carboxylic acids is 3. The van der Waals surface area contributed by atoms with E-state index in [2.05, 4.69) is 15.6 Å². The summed E-state index contributed by atoms with van der Waals surface area (Å²) in [6, 6.07) is 3.32. The zero-order valence-corrected chi connectivity index (χ0v) is 18.5. The molecule has 1 fully saturated rings. The summed E-state index contributed by atoms with van der Waals surface area (Å²) in [5.74, 6) is -0.603. The van der Waals surface area contributed by atoms with Gasteiger partial charge in [0.1, 0.15) is 10.8 Å². The number of thiophene rings is 1. The van der Waals surface area contributed by atoms with Gasteiger partial charge in [-0.1, -0.05) is 11.6 Å². The summed E-state index contributed by atoms with van der Waals surface area (Å²) in [5.41, 5.74) is 7.00. The lowest BCUT2D eigenvalue weighted by Gasteiger charge is -2.31. The van der Waals surface area contributed by atoms with Crippen LogP contribution in [0.25, 0.3) is 0 Å². The third kappa shape index (κ3) is 5.06. The fourth-order valence-electron chi connectivity index (χ4n) is 4.21. The number of amides is 3. The van der Waals surface area contributed by atoms with Crippen molar-refractivity contribution < 1.29 is 14.4 Å². The molecular weight excluding hydrogens is 438 g/mol. The Morgan fingerprint density at radius 1 is 1.23 bits per heavy atom. The fourth-order valence-corrected chi connectivity index (χ4v) is 5.64. The molecule has 0 bridgehead atoms. The minimum atomic E-state index is -0.500. The average Bonchev–Trinajstić information content (AvgIpc) is 3.30. The second-order valence-electron chi connectivity index (χ2n) is 7.90. The number of likely N-dealkylation sites (tertiary alicyclic amines) is 1. The highest BCUT2D eigenvalue weighted by Crippen LogP contribution is 2.38. The number of nitrogens with one attached hydrogen (secondary N) is 2. The Morgan fingerprint density at radius 3 is 2.81 bits per heavy atom. The summed E-state index contributed by atoms with van der Waals surface area (Å²) >= 11 is 7.27. The molecule has 2 aromatic heterocycles. The zero-order valence-electron chi connectivity index (χ0n) is 16.9. The number of fused-ring (bicyclic) bond motifs is 1. The number of piperidine rings is 1. The predicted molar refractivity (Wildman–Crippen MR) is 121 cm³/mol. The highest BCUT2D eigenvalue weighted by molar-refractivity contribution is 7.17. The smallest absolute Gasteiger partial charge is 0.251 e. The molecule has 10 heteroatoms. The Labute approximate surface area is 189 Å². The summed E-state index contributed by atoms with van der Waals surface area (Å²) in [4.78, 5) is 44.4. The number of nitrogens with two attached hydrogens (primary N) is 1. The molecule has 31 heavy (non-hydrogen) atoms. The van der Waals surface area contributed by atoms with E-state index >= 15 is 0 Å². The van der Waals surface area contributed by atoms with Crippen LogP contribution in [0.5, 0.6) is 0 Å². The topological polar surface area (TPSA) is 117 Å². The van der Waals surface area contributed by atoms with Gasteiger partial charge in [-0.2, -0.15) is 0 Å². The second kappa shape index (κ2) is 9.33. The number of nitrogens with zero attached hydrogens (tertiary/aromatic N) is 2. The molecule has 3 amide bonds. The van der Waals surface area contributed by atoms with Gasteiger partial charge in [-0.3, -0.25) is 19.3 Å². The van der Waals surface area contributed by atoms with E-state index in [1.165, 1.54) is 17.5 Å². The number of rotatable bonds is 6. The first kappa shape index (κ1) is 21.7. The Bertz CT molecular complexity index is 1010. The Kier molecular flexibility index (Phi) is 6.54. The van der Waals surface area contributed by atoms with Crippen LogP contribution in [0.2, 0.25) is 5.02 Å². The highest BCUT2D eigenvalue weighted by atomic mass is 35.5. The maximum absolute atomic E-state index is 12.7. The predicted octanol–water partition coefficient (Wildman–Crippen LogP) is 2.67. The molecule has 1 aliphatic carbocycles. The van der Waals surface area contributed by atoms with Gasteiger partial charge in [0.15, 0.2) is 0 Å². The van der Waals surface area contributed by atoms with Crippen molar-refractivity contribution in [2.75, 3.05) is 30.3 Å². The summed E-state index contributed by atoms with van der Waals surface area (Å²) in [5, 5.41) is 6.73. The molecule has 0 radical (unpaired) electrons. The van der Waals surface area contributed by atoms with Gasteiger partial charge in [-0.05, 0) is 56.3 Å². The van der Waals surface area contributed by atoms with Crippen molar-refractivity contribution in [3.8, 4) is 0 Å². The normalized spacial score (nSPS) is 18.4. The molecular formula is C21H24ClN5O3S. The number of hydrogen-bond acceptors (Lipinski definition) is 6. The van der Waals surface area contributed by atoms with Crippen molar-refractivity contribution in [1.82, 2.24) is 9.88 Å². The number of aromatic nitrogens is 1. The molecule has 1 saturated heterocycles. The molecule has 1 atom stereocenters. The van der Waals surface area contributed by atoms with Crippen LogP contribution in [0, 0.1) is 5.92 Å². The van der Waals surface area contributed by atoms with Gasteiger partial charge >= 0.3 is 0 Å². The lowest BCUT2D eigenvalue weighted by Crippen LogP contribution is -2.44. The van der Waals surface area contributed by atoms with Crippen molar-refractivity contribution in [2.24, 2.45) is 11.7 Å². The van der Waals surface area contributed by atoms with E-state index in [0.717, 1.165) is 49.1 Å². The first-order valence-corrected chi connectivity index (χ1v) is 11.5. The number of anilines is 2. The minimum absolute atomic E-state index is 0.120. The van der Waals surface area contributed by atoms with Crippen LogP contribution in [0.1, 0.15) is 40.1 Å². The summed E-state index contributed by atoms with van der Waals surface area (Å²) < 4.78 is 0. The molecule has 4 N–H and O–H groups in total. The van der Waals surface area contributed by atoms with E-state index in [9.17, 15) is 14.4 Å². The standard InChI is InChI=1S/C21H24ClN5O3S/c22-13-6-7-16(24-9-13)25-20(30)12-3-2-8-27(10-12)11-17(28)26-21-18(19(23)29)14-4-1-5-15(14)31-21/h6-7,9,12H,1-5,8,10-11H2,(H2,23,29)(H,26,28)(H,24,25,30). The number of hydrogen-bond donors (Lipinski definition) is 3.